The van der Waals surface area contributed by atoms with Gasteiger partial charge in [-0.05, 0) is 61.7 Å². The number of nitrogens with zero attached hydrogens (tertiary/aromatic N) is 2. The molecule has 3 aromatic rings. The van der Waals surface area contributed by atoms with Crippen LogP contribution in [0.1, 0.15) is 24.0 Å². The van der Waals surface area contributed by atoms with Gasteiger partial charge in [-0.2, -0.15) is 0 Å². The van der Waals surface area contributed by atoms with Gasteiger partial charge in [0.15, 0.2) is 0 Å². The molecule has 0 radical (unpaired) electrons. The van der Waals surface area contributed by atoms with E-state index < -0.39 is 10.0 Å². The molecule has 0 atom stereocenters. The summed E-state index contributed by atoms with van der Waals surface area (Å²) < 4.78 is 39.9. The Morgan fingerprint density at radius 1 is 0.882 bits per heavy atom. The fourth-order valence-electron chi connectivity index (χ4n) is 4.47. The first-order chi connectivity index (χ1) is 16.4. The number of benzene rings is 3. The Bertz CT molecular complexity index is 1170. The minimum absolute atomic E-state index is 0.107. The number of ether oxygens (including phenoxy) is 2. The molecule has 0 amide bonds. The SMILES string of the molecule is COc1cc(CN2CCC(N(c3ccc(C)cc3)S(=O)(=O)c3ccccc3)CC2)cc(OC)c1. The molecule has 0 spiro atoms. The van der Waals surface area contributed by atoms with Crippen molar-refractivity contribution in [1.82, 2.24) is 4.90 Å². The summed E-state index contributed by atoms with van der Waals surface area (Å²) in [4.78, 5) is 2.68. The van der Waals surface area contributed by atoms with Gasteiger partial charge in [-0.25, -0.2) is 8.42 Å². The van der Waals surface area contributed by atoms with Crippen molar-refractivity contribution in [1.29, 1.82) is 0 Å². The molecule has 0 unspecified atom stereocenters. The molecule has 1 aliphatic rings. The summed E-state index contributed by atoms with van der Waals surface area (Å²) in [6.45, 7) is 4.37. The van der Waals surface area contributed by atoms with Crippen molar-refractivity contribution in [3.63, 3.8) is 0 Å². The second kappa shape index (κ2) is 10.5. The molecule has 4 rings (SSSR count). The average molecular weight is 481 g/mol. The molecule has 0 aromatic heterocycles. The van der Waals surface area contributed by atoms with E-state index in [2.05, 4.69) is 4.90 Å². The van der Waals surface area contributed by atoms with Gasteiger partial charge in [0.25, 0.3) is 10.0 Å². The van der Waals surface area contributed by atoms with Gasteiger partial charge in [-0.3, -0.25) is 9.21 Å². The van der Waals surface area contributed by atoms with Crippen molar-refractivity contribution in [2.24, 2.45) is 0 Å². The molecule has 3 aromatic carbocycles. The minimum Gasteiger partial charge on any atom is -0.497 e. The van der Waals surface area contributed by atoms with Gasteiger partial charge in [-0.15, -0.1) is 0 Å². The fourth-order valence-corrected chi connectivity index (χ4v) is 6.20. The Kier molecular flexibility index (Phi) is 7.44. The molecule has 180 valence electrons. The molecule has 0 bridgehead atoms. The van der Waals surface area contributed by atoms with Crippen molar-refractivity contribution in [2.75, 3.05) is 31.6 Å². The maximum absolute atomic E-state index is 13.7. The highest BCUT2D eigenvalue weighted by molar-refractivity contribution is 7.92. The van der Waals surface area contributed by atoms with E-state index >= 15 is 0 Å². The molecule has 1 fully saturated rings. The van der Waals surface area contributed by atoms with Crippen LogP contribution in [0.15, 0.2) is 77.7 Å². The highest BCUT2D eigenvalue weighted by atomic mass is 32.2. The third-order valence-corrected chi connectivity index (χ3v) is 8.19. The van der Waals surface area contributed by atoms with E-state index in [9.17, 15) is 8.42 Å². The van der Waals surface area contributed by atoms with Crippen LogP contribution in [0, 0.1) is 6.92 Å². The maximum Gasteiger partial charge on any atom is 0.264 e. The number of anilines is 1. The summed E-state index contributed by atoms with van der Waals surface area (Å²) in [6, 6.07) is 22.3. The van der Waals surface area contributed by atoms with Crippen LogP contribution >= 0.6 is 0 Å². The van der Waals surface area contributed by atoms with Crippen LogP contribution in [0.5, 0.6) is 11.5 Å². The number of hydrogen-bond acceptors (Lipinski definition) is 5. The Morgan fingerprint density at radius 2 is 1.47 bits per heavy atom. The lowest BCUT2D eigenvalue weighted by atomic mass is 10.0. The molecule has 7 heteroatoms. The predicted octanol–water partition coefficient (Wildman–Crippen LogP) is 4.87. The third-order valence-electron chi connectivity index (χ3n) is 6.29. The second-order valence-electron chi connectivity index (χ2n) is 8.68. The highest BCUT2D eigenvalue weighted by Gasteiger charge is 2.34. The molecular formula is C27H32N2O4S. The lowest BCUT2D eigenvalue weighted by molar-refractivity contribution is 0.206. The summed E-state index contributed by atoms with van der Waals surface area (Å²) in [5.74, 6) is 1.53. The molecule has 0 N–H and O–H groups in total. The summed E-state index contributed by atoms with van der Waals surface area (Å²) in [7, 11) is -0.380. The van der Waals surface area contributed by atoms with E-state index in [1.165, 1.54) is 0 Å². The number of rotatable bonds is 8. The Balaban J connectivity index is 1.54. The first-order valence-corrected chi connectivity index (χ1v) is 12.9. The quantitative estimate of drug-likeness (QED) is 0.460. The average Bonchev–Trinajstić information content (AvgIpc) is 2.86. The number of piperidine rings is 1. The van der Waals surface area contributed by atoms with E-state index in [1.807, 2.05) is 55.5 Å². The van der Waals surface area contributed by atoms with Crippen molar-refractivity contribution >= 4 is 15.7 Å². The van der Waals surface area contributed by atoms with Crippen molar-refractivity contribution in [3.8, 4) is 11.5 Å². The maximum atomic E-state index is 13.7. The van der Waals surface area contributed by atoms with Crippen LogP contribution in [0.25, 0.3) is 0 Å². The van der Waals surface area contributed by atoms with Gasteiger partial charge in [-0.1, -0.05) is 35.9 Å². The van der Waals surface area contributed by atoms with Crippen LogP contribution in [-0.2, 0) is 16.6 Å². The third kappa shape index (κ3) is 5.37. The van der Waals surface area contributed by atoms with Crippen LogP contribution < -0.4 is 13.8 Å². The zero-order valence-corrected chi connectivity index (χ0v) is 20.8. The molecule has 1 aliphatic heterocycles. The minimum atomic E-state index is -3.68. The Labute approximate surface area is 202 Å². The Hall–Kier alpha value is -3.03. The summed E-state index contributed by atoms with van der Waals surface area (Å²) in [6.07, 6.45) is 1.50. The van der Waals surface area contributed by atoms with Crippen molar-refractivity contribution in [3.05, 3.63) is 83.9 Å². The van der Waals surface area contributed by atoms with Gasteiger partial charge in [0, 0.05) is 31.7 Å². The molecule has 0 aliphatic carbocycles. The second-order valence-corrected chi connectivity index (χ2v) is 10.5. The number of aryl methyl sites for hydroxylation is 1. The van der Waals surface area contributed by atoms with E-state index in [0.29, 0.717) is 10.6 Å². The van der Waals surface area contributed by atoms with Gasteiger partial charge in [0.05, 0.1) is 24.8 Å². The molecular weight excluding hydrogens is 448 g/mol. The first kappa shape index (κ1) is 24.1. The summed E-state index contributed by atoms with van der Waals surface area (Å²) in [5, 5.41) is 0. The van der Waals surface area contributed by atoms with E-state index in [4.69, 9.17) is 9.47 Å². The lowest BCUT2D eigenvalue weighted by Gasteiger charge is -2.39. The van der Waals surface area contributed by atoms with Gasteiger partial charge < -0.3 is 9.47 Å². The van der Waals surface area contributed by atoms with Gasteiger partial charge in [0.1, 0.15) is 11.5 Å². The number of likely N-dealkylation sites (tertiary alicyclic amines) is 1. The van der Waals surface area contributed by atoms with E-state index in [-0.39, 0.29) is 6.04 Å². The Morgan fingerprint density at radius 3 is 2.03 bits per heavy atom. The first-order valence-electron chi connectivity index (χ1n) is 11.5. The van der Waals surface area contributed by atoms with Gasteiger partial charge in [0.2, 0.25) is 0 Å². The predicted molar refractivity (Wildman–Crippen MR) is 135 cm³/mol. The standard InChI is InChI=1S/C27H32N2O4S/c1-21-9-11-23(12-10-21)29(34(30,31)27-7-5-4-6-8-27)24-13-15-28(16-14-24)20-22-17-25(32-2)19-26(18-22)33-3/h4-12,17-19,24H,13-16,20H2,1-3H3. The van der Waals surface area contributed by atoms with Crippen LogP contribution in [0.4, 0.5) is 5.69 Å². The monoisotopic (exact) mass is 480 g/mol. The van der Waals surface area contributed by atoms with Crippen molar-refractivity contribution < 1.29 is 17.9 Å². The van der Waals surface area contributed by atoms with Crippen LogP contribution in [0.3, 0.4) is 0 Å². The summed E-state index contributed by atoms with van der Waals surface area (Å²) in [5.41, 5.74) is 2.93. The number of hydrogen-bond donors (Lipinski definition) is 0. The smallest absolute Gasteiger partial charge is 0.264 e. The zero-order chi connectivity index (χ0) is 24.1. The van der Waals surface area contributed by atoms with Gasteiger partial charge >= 0.3 is 0 Å². The topological polar surface area (TPSA) is 59.1 Å². The zero-order valence-electron chi connectivity index (χ0n) is 20.0. The molecule has 0 saturated carbocycles. The normalized spacial score (nSPS) is 15.1. The summed E-state index contributed by atoms with van der Waals surface area (Å²) >= 11 is 0. The lowest BCUT2D eigenvalue weighted by Crippen LogP contribution is -2.47. The molecule has 1 heterocycles. The van der Waals surface area contributed by atoms with Crippen molar-refractivity contribution in [2.45, 2.75) is 37.2 Å². The van der Waals surface area contributed by atoms with Crippen LogP contribution in [-0.4, -0.2) is 46.7 Å². The van der Waals surface area contributed by atoms with Crippen LogP contribution in [0.2, 0.25) is 0 Å². The number of methoxy groups -OCH3 is 2. The van der Waals surface area contributed by atoms with E-state index in [0.717, 1.165) is 55.1 Å². The van der Waals surface area contributed by atoms with E-state index in [1.54, 1.807) is 42.8 Å². The highest BCUT2D eigenvalue weighted by Crippen LogP contribution is 2.31. The fraction of sp³-hybridized carbons (Fsp3) is 0.333. The molecule has 6 nitrogen and oxygen atoms in total. The molecule has 34 heavy (non-hydrogen) atoms. The number of sulfonamides is 1. The largest absolute Gasteiger partial charge is 0.497 e. The molecule has 1 saturated heterocycles.